The molecular formula is C21H24F3N5O2. The average molecular weight is 435 g/mol. The molecule has 1 saturated carbocycles. The number of hydrogen-bond donors (Lipinski definition) is 2. The van der Waals surface area contributed by atoms with Crippen LogP contribution in [0.4, 0.5) is 18.9 Å². The van der Waals surface area contributed by atoms with Crippen molar-refractivity contribution in [3.63, 3.8) is 0 Å². The van der Waals surface area contributed by atoms with Crippen molar-refractivity contribution in [2.75, 3.05) is 31.1 Å². The fourth-order valence-corrected chi connectivity index (χ4v) is 4.44. The number of aromatic nitrogens is 2. The maximum absolute atomic E-state index is 12.9. The highest BCUT2D eigenvalue weighted by Crippen LogP contribution is 2.42. The van der Waals surface area contributed by atoms with Gasteiger partial charge in [-0.25, -0.2) is 4.98 Å². The topological polar surface area (TPSA) is 95.3 Å². The van der Waals surface area contributed by atoms with Gasteiger partial charge >= 0.3 is 6.18 Å². The van der Waals surface area contributed by atoms with Gasteiger partial charge in [0.25, 0.3) is 0 Å². The predicted molar refractivity (Wildman–Crippen MR) is 110 cm³/mol. The van der Waals surface area contributed by atoms with E-state index in [1.807, 2.05) is 6.07 Å². The van der Waals surface area contributed by atoms with Crippen LogP contribution in [0, 0.1) is 11.8 Å². The summed E-state index contributed by atoms with van der Waals surface area (Å²) in [5.74, 6) is -2.59. The fraction of sp³-hybridized carbons (Fsp3) is 0.476. The molecule has 0 unspecified atom stereocenters. The Morgan fingerprint density at radius 3 is 2.58 bits per heavy atom. The van der Waals surface area contributed by atoms with Crippen molar-refractivity contribution in [1.82, 2.24) is 14.9 Å². The second-order valence-corrected chi connectivity index (χ2v) is 8.13. The summed E-state index contributed by atoms with van der Waals surface area (Å²) < 4.78 is 38.7. The Hall–Kier alpha value is -3.04. The highest BCUT2D eigenvalue weighted by molar-refractivity contribution is 5.95. The van der Waals surface area contributed by atoms with E-state index in [1.165, 1.54) is 6.08 Å². The number of halogens is 3. The minimum Gasteiger partial charge on any atom is -0.367 e. The number of hydrogen-bond acceptors (Lipinski definition) is 4. The summed E-state index contributed by atoms with van der Waals surface area (Å²) >= 11 is 0. The summed E-state index contributed by atoms with van der Waals surface area (Å²) in [5.41, 5.74) is 7.52. The van der Waals surface area contributed by atoms with Crippen LogP contribution in [0.1, 0.15) is 24.8 Å². The van der Waals surface area contributed by atoms with E-state index in [9.17, 15) is 22.8 Å². The Kier molecular flexibility index (Phi) is 5.63. The molecule has 166 valence electrons. The van der Waals surface area contributed by atoms with E-state index in [4.69, 9.17) is 5.73 Å². The second kappa shape index (κ2) is 8.24. The molecule has 3 heterocycles. The lowest BCUT2D eigenvalue weighted by Gasteiger charge is -2.37. The van der Waals surface area contributed by atoms with E-state index in [0.717, 1.165) is 16.6 Å². The molecule has 1 aliphatic carbocycles. The van der Waals surface area contributed by atoms with Crippen LogP contribution in [0.5, 0.6) is 0 Å². The maximum Gasteiger partial charge on any atom is 0.391 e. The molecule has 10 heteroatoms. The summed E-state index contributed by atoms with van der Waals surface area (Å²) in [6, 6.07) is 1.96. The molecule has 0 spiro atoms. The van der Waals surface area contributed by atoms with Gasteiger partial charge in [0, 0.05) is 55.3 Å². The van der Waals surface area contributed by atoms with Crippen molar-refractivity contribution >= 4 is 34.6 Å². The third kappa shape index (κ3) is 4.52. The van der Waals surface area contributed by atoms with Gasteiger partial charge in [-0.05, 0) is 31.4 Å². The average Bonchev–Trinajstić information content (AvgIpc) is 3.39. The van der Waals surface area contributed by atoms with Crippen molar-refractivity contribution in [1.29, 1.82) is 0 Å². The molecule has 0 aromatic carbocycles. The minimum atomic E-state index is -4.22. The van der Waals surface area contributed by atoms with Crippen molar-refractivity contribution < 1.29 is 22.8 Å². The summed E-state index contributed by atoms with van der Waals surface area (Å²) in [4.78, 5) is 35.0. The van der Waals surface area contributed by atoms with E-state index >= 15 is 0 Å². The molecule has 1 saturated heterocycles. The lowest BCUT2D eigenvalue weighted by Crippen LogP contribution is -2.50. The molecule has 2 aliphatic rings. The van der Waals surface area contributed by atoms with Crippen LogP contribution in [0.15, 0.2) is 24.5 Å². The Labute approximate surface area is 177 Å². The Balaban J connectivity index is 1.40. The number of anilines is 1. The molecule has 2 aromatic rings. The van der Waals surface area contributed by atoms with Gasteiger partial charge in [0.05, 0.1) is 17.8 Å². The number of amides is 2. The number of fused-ring (bicyclic) bond motifs is 1. The molecule has 31 heavy (non-hydrogen) atoms. The molecule has 2 aromatic heterocycles. The Bertz CT molecular complexity index is 1010. The van der Waals surface area contributed by atoms with Gasteiger partial charge in [-0.15, -0.1) is 0 Å². The number of piperazine rings is 1. The summed E-state index contributed by atoms with van der Waals surface area (Å²) in [6.07, 6.45) is 2.41. The zero-order chi connectivity index (χ0) is 22.2. The van der Waals surface area contributed by atoms with Crippen LogP contribution in [0.25, 0.3) is 17.1 Å². The van der Waals surface area contributed by atoms with Gasteiger partial charge in [-0.1, -0.05) is 0 Å². The molecular weight excluding hydrogens is 411 g/mol. The molecule has 2 atom stereocenters. The van der Waals surface area contributed by atoms with E-state index in [0.29, 0.717) is 38.2 Å². The second-order valence-electron chi connectivity index (χ2n) is 8.13. The summed E-state index contributed by atoms with van der Waals surface area (Å²) in [7, 11) is 0. The first kappa shape index (κ1) is 21.2. The lowest BCUT2D eigenvalue weighted by molar-refractivity contribution is -0.173. The number of primary amides is 1. The molecule has 2 fully saturated rings. The van der Waals surface area contributed by atoms with Crippen molar-refractivity contribution in [3.05, 3.63) is 30.1 Å². The summed E-state index contributed by atoms with van der Waals surface area (Å²) in [6.45, 7) is 2.08. The number of alkyl halides is 3. The van der Waals surface area contributed by atoms with Crippen LogP contribution >= 0.6 is 0 Å². The number of nitrogens with one attached hydrogen (secondary N) is 1. The molecule has 7 nitrogen and oxygen atoms in total. The van der Waals surface area contributed by atoms with Crippen LogP contribution in [0.2, 0.25) is 0 Å². The number of carbonyl (C=O) groups is 2. The third-order valence-electron chi connectivity index (χ3n) is 6.18. The standard InChI is InChI=1S/C21H24F3N5O2/c22-21(23,24)15-3-1-13(9-15)20(31)29-7-5-28(6-8-29)16-10-17-14(2-4-18(25)30)11-26-19(17)27-12-16/h2,4,10-13,15H,1,3,5-9H2,(H2,25,30)(H,26,27)/b4-2+/t13-,15+/m1/s1. The quantitative estimate of drug-likeness (QED) is 0.722. The number of H-pyrrole nitrogens is 1. The molecule has 0 radical (unpaired) electrons. The first-order valence-electron chi connectivity index (χ1n) is 10.3. The Morgan fingerprint density at radius 1 is 1.19 bits per heavy atom. The normalized spacial score (nSPS) is 22.5. The van der Waals surface area contributed by atoms with Crippen molar-refractivity contribution in [2.24, 2.45) is 17.6 Å². The van der Waals surface area contributed by atoms with Gasteiger partial charge in [0.2, 0.25) is 11.8 Å². The van der Waals surface area contributed by atoms with Crippen molar-refractivity contribution in [3.8, 4) is 0 Å². The van der Waals surface area contributed by atoms with Gasteiger partial charge in [-0.2, -0.15) is 13.2 Å². The molecule has 0 bridgehead atoms. The molecule has 1 aliphatic heterocycles. The number of nitrogens with two attached hydrogens (primary N) is 1. The number of rotatable bonds is 4. The smallest absolute Gasteiger partial charge is 0.367 e. The molecule has 2 amide bonds. The van der Waals surface area contributed by atoms with Gasteiger partial charge < -0.3 is 20.5 Å². The minimum absolute atomic E-state index is 0.0365. The zero-order valence-electron chi connectivity index (χ0n) is 16.9. The Morgan fingerprint density at radius 2 is 1.94 bits per heavy atom. The number of nitrogens with zero attached hydrogens (tertiary/aromatic N) is 3. The van der Waals surface area contributed by atoms with Crippen LogP contribution in [-0.4, -0.2) is 59.0 Å². The van der Waals surface area contributed by atoms with E-state index < -0.39 is 23.9 Å². The predicted octanol–water partition coefficient (Wildman–Crippen LogP) is 2.69. The van der Waals surface area contributed by atoms with Gasteiger partial charge in [0.15, 0.2) is 0 Å². The van der Waals surface area contributed by atoms with E-state index in [-0.39, 0.29) is 18.7 Å². The first-order chi connectivity index (χ1) is 14.7. The molecule has 4 rings (SSSR count). The molecule has 3 N–H and O–H groups in total. The van der Waals surface area contributed by atoms with Gasteiger partial charge in [-0.3, -0.25) is 9.59 Å². The maximum atomic E-state index is 12.9. The SMILES string of the molecule is NC(=O)/C=C/c1c[nH]c2ncc(N3CCN(C(=O)[C@@H]4CC[C@H](C(F)(F)F)C4)CC3)cc12. The third-order valence-corrected chi connectivity index (χ3v) is 6.18. The number of aromatic amines is 1. The first-order valence-corrected chi connectivity index (χ1v) is 10.3. The highest BCUT2D eigenvalue weighted by atomic mass is 19.4. The van der Waals surface area contributed by atoms with Crippen LogP contribution in [0.3, 0.4) is 0 Å². The summed E-state index contributed by atoms with van der Waals surface area (Å²) in [5, 5.41) is 0.845. The van der Waals surface area contributed by atoms with Gasteiger partial charge in [0.1, 0.15) is 5.65 Å². The number of pyridine rings is 1. The van der Waals surface area contributed by atoms with Crippen LogP contribution in [-0.2, 0) is 9.59 Å². The lowest BCUT2D eigenvalue weighted by atomic mass is 10.0. The number of carbonyl (C=O) groups excluding carboxylic acids is 2. The van der Waals surface area contributed by atoms with Crippen LogP contribution < -0.4 is 10.6 Å². The highest BCUT2D eigenvalue weighted by Gasteiger charge is 2.46. The van der Waals surface area contributed by atoms with E-state index in [2.05, 4.69) is 14.9 Å². The largest absolute Gasteiger partial charge is 0.391 e. The zero-order valence-corrected chi connectivity index (χ0v) is 16.9. The fourth-order valence-electron chi connectivity index (χ4n) is 4.44. The monoisotopic (exact) mass is 435 g/mol. The van der Waals surface area contributed by atoms with E-state index in [1.54, 1.807) is 23.4 Å². The van der Waals surface area contributed by atoms with Crippen molar-refractivity contribution in [2.45, 2.75) is 25.4 Å².